The van der Waals surface area contributed by atoms with Gasteiger partial charge in [-0.3, -0.25) is 14.8 Å². The number of hydrogen-bond acceptors (Lipinski definition) is 3. The SMILES string of the molecule is O.O=C(c1ccccn1)c1ccccn1. The second-order valence-electron chi connectivity index (χ2n) is 2.76. The van der Waals surface area contributed by atoms with Crippen LogP contribution in [-0.4, -0.2) is 21.2 Å². The van der Waals surface area contributed by atoms with Crippen LogP contribution in [0.3, 0.4) is 0 Å². The molecule has 2 N–H and O–H groups in total. The molecule has 0 amide bonds. The molecule has 15 heavy (non-hydrogen) atoms. The fourth-order valence-electron chi connectivity index (χ4n) is 1.13. The molecule has 0 aliphatic heterocycles. The first kappa shape index (κ1) is 11.0. The molecule has 0 fully saturated rings. The Hall–Kier alpha value is -2.07. The highest BCUT2D eigenvalue weighted by molar-refractivity contribution is 6.06. The minimum atomic E-state index is -0.147. The van der Waals surface area contributed by atoms with Crippen LogP contribution in [0.25, 0.3) is 0 Å². The molecule has 76 valence electrons. The molecule has 4 nitrogen and oxygen atoms in total. The molecular weight excluding hydrogens is 192 g/mol. The van der Waals surface area contributed by atoms with Gasteiger partial charge in [-0.05, 0) is 24.3 Å². The summed E-state index contributed by atoms with van der Waals surface area (Å²) in [6, 6.07) is 10.5. The fraction of sp³-hybridized carbons (Fsp3) is 0. The van der Waals surface area contributed by atoms with Gasteiger partial charge in [-0.25, -0.2) is 0 Å². The Bertz CT molecular complexity index is 387. The minimum Gasteiger partial charge on any atom is -0.412 e. The first-order valence-corrected chi connectivity index (χ1v) is 4.25. The van der Waals surface area contributed by atoms with E-state index < -0.39 is 0 Å². The fourth-order valence-corrected chi connectivity index (χ4v) is 1.13. The van der Waals surface area contributed by atoms with Crippen molar-refractivity contribution in [2.24, 2.45) is 0 Å². The highest BCUT2D eigenvalue weighted by Gasteiger charge is 2.09. The first-order chi connectivity index (χ1) is 6.88. The first-order valence-electron chi connectivity index (χ1n) is 4.25. The van der Waals surface area contributed by atoms with Gasteiger partial charge in [0.15, 0.2) is 0 Å². The second-order valence-corrected chi connectivity index (χ2v) is 2.76. The standard InChI is InChI=1S/C11H8N2O.H2O/c14-11(9-5-1-3-7-12-9)10-6-2-4-8-13-10;/h1-8H;1H2. The number of hydrogen-bond donors (Lipinski definition) is 0. The van der Waals surface area contributed by atoms with Crippen LogP contribution in [0.2, 0.25) is 0 Å². The van der Waals surface area contributed by atoms with Crippen LogP contribution in [0.15, 0.2) is 48.8 Å². The van der Waals surface area contributed by atoms with E-state index in [9.17, 15) is 4.79 Å². The molecular formula is C11H10N2O2. The molecule has 2 aromatic heterocycles. The van der Waals surface area contributed by atoms with Gasteiger partial charge in [-0.15, -0.1) is 0 Å². The minimum absolute atomic E-state index is 0. The van der Waals surface area contributed by atoms with Crippen LogP contribution < -0.4 is 0 Å². The molecule has 0 saturated heterocycles. The van der Waals surface area contributed by atoms with E-state index in [4.69, 9.17) is 0 Å². The molecule has 2 rings (SSSR count). The quantitative estimate of drug-likeness (QED) is 0.678. The third-order valence-corrected chi connectivity index (χ3v) is 1.80. The molecule has 0 aliphatic carbocycles. The smallest absolute Gasteiger partial charge is 0.229 e. The van der Waals surface area contributed by atoms with Crippen molar-refractivity contribution in [3.05, 3.63) is 60.2 Å². The number of rotatable bonds is 2. The zero-order valence-electron chi connectivity index (χ0n) is 7.92. The van der Waals surface area contributed by atoms with Gasteiger partial charge in [-0.1, -0.05) is 12.1 Å². The van der Waals surface area contributed by atoms with Crippen molar-refractivity contribution in [2.45, 2.75) is 0 Å². The second kappa shape index (κ2) is 4.97. The molecule has 0 saturated carbocycles. The van der Waals surface area contributed by atoms with Gasteiger partial charge in [0, 0.05) is 12.4 Å². The van der Waals surface area contributed by atoms with Gasteiger partial charge in [0.1, 0.15) is 11.4 Å². The zero-order valence-corrected chi connectivity index (χ0v) is 7.92. The maximum Gasteiger partial charge on any atom is 0.229 e. The van der Waals surface area contributed by atoms with Gasteiger partial charge in [-0.2, -0.15) is 0 Å². The summed E-state index contributed by atoms with van der Waals surface area (Å²) in [6.07, 6.45) is 3.19. The topological polar surface area (TPSA) is 74.3 Å². The average Bonchev–Trinajstić information content (AvgIpc) is 2.30. The molecule has 2 aromatic rings. The van der Waals surface area contributed by atoms with Crippen LogP contribution in [0.5, 0.6) is 0 Å². The number of carbonyl (C=O) groups excluding carboxylic acids is 1. The van der Waals surface area contributed by atoms with Crippen LogP contribution in [0.4, 0.5) is 0 Å². The van der Waals surface area contributed by atoms with E-state index >= 15 is 0 Å². The van der Waals surface area contributed by atoms with Crippen LogP contribution in [-0.2, 0) is 0 Å². The monoisotopic (exact) mass is 202 g/mol. The summed E-state index contributed by atoms with van der Waals surface area (Å²) >= 11 is 0. The van der Waals surface area contributed by atoms with E-state index in [0.717, 1.165) is 0 Å². The summed E-state index contributed by atoms with van der Waals surface area (Å²) in [6.45, 7) is 0. The van der Waals surface area contributed by atoms with Gasteiger partial charge in [0.05, 0.1) is 0 Å². The number of pyridine rings is 2. The maximum atomic E-state index is 11.7. The molecule has 2 heterocycles. The lowest BCUT2D eigenvalue weighted by atomic mass is 10.2. The molecule has 0 atom stereocenters. The Morgan fingerprint density at radius 1 is 0.867 bits per heavy atom. The third-order valence-electron chi connectivity index (χ3n) is 1.80. The molecule has 0 spiro atoms. The number of nitrogens with zero attached hydrogens (tertiary/aromatic N) is 2. The number of carbonyl (C=O) groups is 1. The third kappa shape index (κ3) is 2.45. The van der Waals surface area contributed by atoms with Crippen LogP contribution in [0.1, 0.15) is 16.2 Å². The Morgan fingerprint density at radius 3 is 1.67 bits per heavy atom. The average molecular weight is 202 g/mol. The lowest BCUT2D eigenvalue weighted by Crippen LogP contribution is -2.05. The van der Waals surface area contributed by atoms with Gasteiger partial charge >= 0.3 is 0 Å². The van der Waals surface area contributed by atoms with E-state index in [1.54, 1.807) is 48.8 Å². The maximum absolute atomic E-state index is 11.7. The largest absolute Gasteiger partial charge is 0.412 e. The van der Waals surface area contributed by atoms with Gasteiger partial charge in [0.25, 0.3) is 0 Å². The van der Waals surface area contributed by atoms with Crippen LogP contribution >= 0.6 is 0 Å². The summed E-state index contributed by atoms with van der Waals surface area (Å²) < 4.78 is 0. The Balaban J connectivity index is 0.00000112. The number of ketones is 1. The molecule has 0 bridgehead atoms. The predicted molar refractivity (Wildman–Crippen MR) is 55.5 cm³/mol. The van der Waals surface area contributed by atoms with Crippen molar-refractivity contribution in [3.8, 4) is 0 Å². The van der Waals surface area contributed by atoms with Gasteiger partial charge < -0.3 is 5.48 Å². The Kier molecular flexibility index (Phi) is 3.65. The van der Waals surface area contributed by atoms with Crippen molar-refractivity contribution in [1.29, 1.82) is 0 Å². The summed E-state index contributed by atoms with van der Waals surface area (Å²) in [5.74, 6) is -0.147. The molecule has 0 unspecified atom stereocenters. The Labute approximate surface area is 86.9 Å². The highest BCUT2D eigenvalue weighted by atomic mass is 16.1. The van der Waals surface area contributed by atoms with E-state index in [0.29, 0.717) is 11.4 Å². The molecule has 0 radical (unpaired) electrons. The van der Waals surface area contributed by atoms with Crippen molar-refractivity contribution in [3.63, 3.8) is 0 Å². The number of aromatic nitrogens is 2. The van der Waals surface area contributed by atoms with E-state index in [-0.39, 0.29) is 11.3 Å². The van der Waals surface area contributed by atoms with Crippen molar-refractivity contribution < 1.29 is 10.3 Å². The van der Waals surface area contributed by atoms with E-state index in [2.05, 4.69) is 9.97 Å². The lowest BCUT2D eigenvalue weighted by molar-refractivity contribution is 0.103. The normalized spacial score (nSPS) is 9.07. The zero-order chi connectivity index (χ0) is 9.80. The summed E-state index contributed by atoms with van der Waals surface area (Å²) in [4.78, 5) is 19.7. The lowest BCUT2D eigenvalue weighted by Gasteiger charge is -1.97. The molecule has 4 heteroatoms. The summed E-state index contributed by atoms with van der Waals surface area (Å²) in [5, 5.41) is 0. The molecule has 0 aliphatic rings. The highest BCUT2D eigenvalue weighted by Crippen LogP contribution is 2.03. The van der Waals surface area contributed by atoms with E-state index in [1.807, 2.05) is 0 Å². The van der Waals surface area contributed by atoms with Crippen molar-refractivity contribution >= 4 is 5.78 Å². The molecule has 0 aromatic carbocycles. The van der Waals surface area contributed by atoms with Crippen molar-refractivity contribution in [2.75, 3.05) is 0 Å². The van der Waals surface area contributed by atoms with Crippen molar-refractivity contribution in [1.82, 2.24) is 9.97 Å². The predicted octanol–water partition coefficient (Wildman–Crippen LogP) is 0.883. The summed E-state index contributed by atoms with van der Waals surface area (Å²) in [7, 11) is 0. The van der Waals surface area contributed by atoms with Crippen LogP contribution in [0, 0.1) is 0 Å². The summed E-state index contributed by atoms with van der Waals surface area (Å²) in [5.41, 5.74) is 0.845. The van der Waals surface area contributed by atoms with E-state index in [1.165, 1.54) is 0 Å². The van der Waals surface area contributed by atoms with Gasteiger partial charge in [0.2, 0.25) is 5.78 Å². The Morgan fingerprint density at radius 2 is 1.33 bits per heavy atom.